The van der Waals surface area contributed by atoms with Crippen molar-refractivity contribution in [1.82, 2.24) is 4.90 Å². The van der Waals surface area contributed by atoms with Crippen LogP contribution in [-0.4, -0.2) is 42.8 Å². The van der Waals surface area contributed by atoms with E-state index in [1.807, 2.05) is 0 Å². The van der Waals surface area contributed by atoms with Crippen molar-refractivity contribution in [2.24, 2.45) is 5.10 Å². The summed E-state index contributed by atoms with van der Waals surface area (Å²) in [5, 5.41) is 20.8. The minimum absolute atomic E-state index is 0.273. The number of hydrogen-bond acceptors (Lipinski definition) is 7. The van der Waals surface area contributed by atoms with Gasteiger partial charge >= 0.3 is 5.97 Å². The monoisotopic (exact) mass is 313 g/mol. The Morgan fingerprint density at radius 2 is 1.83 bits per heavy atom. The van der Waals surface area contributed by atoms with Gasteiger partial charge in [0.25, 0.3) is 0 Å². The Balaban J connectivity index is 2.53. The molecule has 0 amide bonds. The highest BCUT2D eigenvalue weighted by Crippen LogP contribution is 2.10. The molecule has 0 aromatic heterocycles. The molecule has 1 aromatic rings. The first kappa shape index (κ1) is 18.1. The second-order valence-corrected chi connectivity index (χ2v) is 4.54. The van der Waals surface area contributed by atoms with E-state index in [1.54, 1.807) is 36.4 Å². The zero-order valence-electron chi connectivity index (χ0n) is 13.2. The minimum Gasteiger partial charge on any atom is -0.461 e. The van der Waals surface area contributed by atoms with E-state index in [-0.39, 0.29) is 11.7 Å². The first-order valence-corrected chi connectivity index (χ1v) is 7.28. The molecule has 7 nitrogen and oxygen atoms in total. The zero-order valence-corrected chi connectivity index (χ0v) is 13.2. The molecule has 1 N–H and O–H groups in total. The maximum atomic E-state index is 11.9. The summed E-state index contributed by atoms with van der Waals surface area (Å²) in [5.74, 6) is -0.387. The van der Waals surface area contributed by atoms with Gasteiger partial charge < -0.3 is 9.64 Å². The van der Waals surface area contributed by atoms with Gasteiger partial charge in [0.2, 0.25) is 5.71 Å². The molecule has 0 unspecified atom stereocenters. The fraction of sp³-hybridized carbons (Fsp3) is 0.375. The van der Waals surface area contributed by atoms with Gasteiger partial charge in [-0.25, -0.2) is 4.79 Å². The number of nitrogens with zero attached hydrogens (tertiary/aromatic N) is 4. The van der Waals surface area contributed by atoms with Crippen LogP contribution in [-0.2, 0) is 4.74 Å². The number of esters is 1. The second-order valence-electron chi connectivity index (χ2n) is 4.54. The van der Waals surface area contributed by atoms with E-state index in [4.69, 9.17) is 15.3 Å². The van der Waals surface area contributed by atoms with Gasteiger partial charge in [0.05, 0.1) is 11.3 Å². The number of rotatable bonds is 8. The predicted octanol–water partition coefficient (Wildman–Crippen LogP) is 2.00. The third-order valence-electron chi connectivity index (χ3n) is 3.16. The van der Waals surface area contributed by atoms with Crippen LogP contribution in [0.4, 0.5) is 5.69 Å². The van der Waals surface area contributed by atoms with Crippen LogP contribution in [0, 0.1) is 22.7 Å². The molecule has 0 spiro atoms. The van der Waals surface area contributed by atoms with Gasteiger partial charge in [-0.2, -0.15) is 15.6 Å². The van der Waals surface area contributed by atoms with Crippen molar-refractivity contribution in [3.05, 3.63) is 29.8 Å². The van der Waals surface area contributed by atoms with Crippen LogP contribution in [0.1, 0.15) is 24.2 Å². The highest BCUT2D eigenvalue weighted by Gasteiger charge is 2.08. The number of anilines is 1. The molecule has 0 saturated carbocycles. The smallest absolute Gasteiger partial charge is 0.338 e. The lowest BCUT2D eigenvalue weighted by Crippen LogP contribution is -2.27. The Morgan fingerprint density at radius 3 is 2.35 bits per heavy atom. The van der Waals surface area contributed by atoms with Gasteiger partial charge in [0, 0.05) is 6.54 Å². The highest BCUT2D eigenvalue weighted by molar-refractivity contribution is 6.10. The summed E-state index contributed by atoms with van der Waals surface area (Å²) in [6.07, 6.45) is 0. The van der Waals surface area contributed by atoms with Crippen LogP contribution in [0.5, 0.6) is 0 Å². The summed E-state index contributed by atoms with van der Waals surface area (Å²) in [5.41, 5.74) is 3.29. The van der Waals surface area contributed by atoms with Crippen molar-refractivity contribution >= 4 is 17.4 Å². The SMILES string of the molecule is CCN(CC)CCOC(=O)c1ccc(NN=C(C#N)C#N)cc1. The number of nitriles is 2. The topological polar surface area (TPSA) is 102 Å². The summed E-state index contributed by atoms with van der Waals surface area (Å²) in [6.45, 7) is 7.01. The minimum atomic E-state index is -0.387. The third-order valence-corrected chi connectivity index (χ3v) is 3.16. The summed E-state index contributed by atoms with van der Waals surface area (Å²) in [7, 11) is 0. The summed E-state index contributed by atoms with van der Waals surface area (Å²) < 4.78 is 5.22. The molecule has 120 valence electrons. The second kappa shape index (κ2) is 9.93. The molecule has 1 aromatic carbocycles. The van der Waals surface area contributed by atoms with E-state index in [0.717, 1.165) is 13.1 Å². The average molecular weight is 313 g/mol. The molecule has 0 aliphatic carbocycles. The Kier molecular flexibility index (Phi) is 7.84. The number of hydrazone groups is 1. The number of likely N-dealkylation sites (N-methyl/N-ethyl adjacent to an activating group) is 1. The fourth-order valence-corrected chi connectivity index (χ4v) is 1.77. The first-order valence-electron chi connectivity index (χ1n) is 7.28. The molecule has 0 fully saturated rings. The standard InChI is InChI=1S/C16H19N5O2/c1-3-21(4-2)9-10-23-16(22)13-5-7-14(8-6-13)19-20-15(11-17)12-18/h5-8,19H,3-4,9-10H2,1-2H3. The molecule has 0 saturated heterocycles. The molecule has 0 atom stereocenters. The molecule has 0 aliphatic rings. The maximum Gasteiger partial charge on any atom is 0.338 e. The largest absolute Gasteiger partial charge is 0.461 e. The lowest BCUT2D eigenvalue weighted by Gasteiger charge is -2.17. The van der Waals surface area contributed by atoms with E-state index in [1.165, 1.54) is 0 Å². The maximum absolute atomic E-state index is 11.9. The Bertz CT molecular complexity index is 605. The molecule has 0 heterocycles. The average Bonchev–Trinajstić information content (AvgIpc) is 2.60. The van der Waals surface area contributed by atoms with Crippen molar-refractivity contribution in [2.45, 2.75) is 13.8 Å². The quantitative estimate of drug-likeness (QED) is 0.447. The van der Waals surface area contributed by atoms with E-state index >= 15 is 0 Å². The van der Waals surface area contributed by atoms with Crippen LogP contribution in [0.2, 0.25) is 0 Å². The van der Waals surface area contributed by atoms with Gasteiger partial charge in [-0.1, -0.05) is 13.8 Å². The number of ether oxygens (including phenoxy) is 1. The van der Waals surface area contributed by atoms with E-state index < -0.39 is 0 Å². The van der Waals surface area contributed by atoms with Crippen LogP contribution < -0.4 is 5.43 Å². The lowest BCUT2D eigenvalue weighted by atomic mass is 10.2. The molecule has 0 radical (unpaired) electrons. The van der Waals surface area contributed by atoms with Gasteiger partial charge in [-0.3, -0.25) is 5.43 Å². The van der Waals surface area contributed by atoms with Crippen LogP contribution in [0.15, 0.2) is 29.4 Å². The Hall–Kier alpha value is -2.90. The van der Waals surface area contributed by atoms with E-state index in [0.29, 0.717) is 24.4 Å². The Labute approximate surface area is 135 Å². The molecular weight excluding hydrogens is 294 g/mol. The third kappa shape index (κ3) is 6.16. The highest BCUT2D eigenvalue weighted by atomic mass is 16.5. The van der Waals surface area contributed by atoms with Crippen molar-refractivity contribution in [3.8, 4) is 12.1 Å². The van der Waals surface area contributed by atoms with Crippen LogP contribution in [0.3, 0.4) is 0 Å². The molecule has 23 heavy (non-hydrogen) atoms. The van der Waals surface area contributed by atoms with Crippen molar-refractivity contribution < 1.29 is 9.53 Å². The van der Waals surface area contributed by atoms with E-state index in [9.17, 15) is 4.79 Å². The Morgan fingerprint density at radius 1 is 1.22 bits per heavy atom. The molecule has 1 rings (SSSR count). The van der Waals surface area contributed by atoms with Gasteiger partial charge in [0.15, 0.2) is 0 Å². The first-order chi connectivity index (χ1) is 11.1. The number of benzene rings is 1. The molecule has 0 aliphatic heterocycles. The van der Waals surface area contributed by atoms with Crippen molar-refractivity contribution in [2.75, 3.05) is 31.7 Å². The molecule has 0 bridgehead atoms. The number of nitrogens with one attached hydrogen (secondary N) is 1. The summed E-state index contributed by atoms with van der Waals surface area (Å²) >= 11 is 0. The van der Waals surface area contributed by atoms with Crippen LogP contribution in [0.25, 0.3) is 0 Å². The molecule has 7 heteroatoms. The molecular formula is C16H19N5O2. The van der Waals surface area contributed by atoms with Crippen molar-refractivity contribution in [3.63, 3.8) is 0 Å². The predicted molar refractivity (Wildman–Crippen MR) is 86.8 cm³/mol. The van der Waals surface area contributed by atoms with E-state index in [2.05, 4.69) is 29.3 Å². The van der Waals surface area contributed by atoms with Crippen molar-refractivity contribution in [1.29, 1.82) is 10.5 Å². The summed E-state index contributed by atoms with van der Waals surface area (Å²) in [6, 6.07) is 9.71. The lowest BCUT2D eigenvalue weighted by molar-refractivity contribution is 0.0466. The van der Waals surface area contributed by atoms with Gasteiger partial charge in [-0.15, -0.1) is 0 Å². The number of carbonyl (C=O) groups is 1. The summed E-state index contributed by atoms with van der Waals surface area (Å²) in [4.78, 5) is 14.1. The van der Waals surface area contributed by atoms with Gasteiger partial charge in [-0.05, 0) is 37.4 Å². The zero-order chi connectivity index (χ0) is 17.1. The normalized spacial score (nSPS) is 9.61. The van der Waals surface area contributed by atoms with Crippen LogP contribution >= 0.6 is 0 Å². The van der Waals surface area contributed by atoms with Gasteiger partial charge in [0.1, 0.15) is 18.7 Å². The fourth-order valence-electron chi connectivity index (χ4n) is 1.77. The number of hydrogen-bond donors (Lipinski definition) is 1. The number of carbonyl (C=O) groups excluding carboxylic acids is 1.